The fourth-order valence-corrected chi connectivity index (χ4v) is 3.61. The summed E-state index contributed by atoms with van der Waals surface area (Å²) in [5.74, 6) is -0.539. The maximum atomic E-state index is 13.4. The van der Waals surface area contributed by atoms with Gasteiger partial charge in [-0.2, -0.15) is 5.10 Å². The summed E-state index contributed by atoms with van der Waals surface area (Å²) in [6.45, 7) is 2.65. The van der Waals surface area contributed by atoms with Crippen molar-refractivity contribution >= 4 is 16.8 Å². The third-order valence-electron chi connectivity index (χ3n) is 5.20. The van der Waals surface area contributed by atoms with Crippen molar-refractivity contribution in [2.45, 2.75) is 19.0 Å². The fourth-order valence-electron chi connectivity index (χ4n) is 3.61. The molecular formula is C20H23F2N5O. The zero-order valence-corrected chi connectivity index (χ0v) is 15.7. The second kappa shape index (κ2) is 7.71. The first-order valence-electron chi connectivity index (χ1n) is 9.47. The van der Waals surface area contributed by atoms with Gasteiger partial charge in [-0.05, 0) is 43.2 Å². The van der Waals surface area contributed by atoms with E-state index in [0.717, 1.165) is 35.4 Å². The Labute approximate surface area is 161 Å². The van der Waals surface area contributed by atoms with Gasteiger partial charge >= 0.3 is 0 Å². The lowest BCUT2D eigenvalue weighted by atomic mass is 10.1. The number of nitrogens with zero attached hydrogens (tertiary/aromatic N) is 3. The number of hydrogen-bond donors (Lipinski definition) is 2. The van der Waals surface area contributed by atoms with Gasteiger partial charge < -0.3 is 15.2 Å². The number of rotatable bonds is 5. The Hall–Kier alpha value is -2.74. The average Bonchev–Trinajstić information content (AvgIpc) is 3.26. The summed E-state index contributed by atoms with van der Waals surface area (Å²) >= 11 is 0. The number of benzene rings is 1. The summed E-state index contributed by atoms with van der Waals surface area (Å²) in [7, 11) is 1.76. The predicted molar refractivity (Wildman–Crippen MR) is 103 cm³/mol. The third-order valence-corrected chi connectivity index (χ3v) is 5.20. The monoisotopic (exact) mass is 387 g/mol. The Bertz CT molecular complexity index is 988. The second-order valence-corrected chi connectivity index (χ2v) is 7.23. The van der Waals surface area contributed by atoms with E-state index in [0.29, 0.717) is 31.6 Å². The van der Waals surface area contributed by atoms with E-state index in [-0.39, 0.29) is 11.7 Å². The van der Waals surface area contributed by atoms with E-state index in [1.807, 2.05) is 6.07 Å². The van der Waals surface area contributed by atoms with Gasteiger partial charge in [0.05, 0.1) is 11.4 Å². The van der Waals surface area contributed by atoms with Crippen molar-refractivity contribution in [3.63, 3.8) is 0 Å². The van der Waals surface area contributed by atoms with Gasteiger partial charge in [0.2, 0.25) is 0 Å². The molecule has 3 heterocycles. The number of H-pyrrole nitrogens is 1. The van der Waals surface area contributed by atoms with E-state index in [1.165, 1.54) is 12.1 Å². The summed E-state index contributed by atoms with van der Waals surface area (Å²) in [4.78, 5) is 17.8. The van der Waals surface area contributed by atoms with Gasteiger partial charge in [-0.3, -0.25) is 9.48 Å². The van der Waals surface area contributed by atoms with Gasteiger partial charge in [-0.15, -0.1) is 0 Å². The van der Waals surface area contributed by atoms with Gasteiger partial charge in [0.15, 0.2) is 5.69 Å². The Kier molecular flexibility index (Phi) is 5.13. The zero-order valence-electron chi connectivity index (χ0n) is 15.7. The summed E-state index contributed by atoms with van der Waals surface area (Å²) in [5, 5.41) is 7.93. The molecule has 0 bridgehead atoms. The van der Waals surface area contributed by atoms with Crippen LogP contribution in [-0.2, 0) is 7.05 Å². The Morgan fingerprint density at radius 3 is 2.86 bits per heavy atom. The van der Waals surface area contributed by atoms with Crippen LogP contribution in [0.2, 0.25) is 0 Å². The molecule has 0 radical (unpaired) electrons. The van der Waals surface area contributed by atoms with Crippen molar-refractivity contribution in [3.05, 3.63) is 41.8 Å². The van der Waals surface area contributed by atoms with Gasteiger partial charge in [0, 0.05) is 44.1 Å². The number of aromatic amines is 1. The number of nitrogens with one attached hydrogen (secondary N) is 2. The molecule has 0 aliphatic carbocycles. The first kappa shape index (κ1) is 18.6. The highest BCUT2D eigenvalue weighted by Crippen LogP contribution is 2.25. The maximum absolute atomic E-state index is 13.4. The lowest BCUT2D eigenvalue weighted by Gasteiger charge is -2.28. The highest BCUT2D eigenvalue weighted by Gasteiger charge is 2.19. The molecule has 1 fully saturated rings. The highest BCUT2D eigenvalue weighted by atomic mass is 19.1. The molecule has 1 aliphatic rings. The summed E-state index contributed by atoms with van der Waals surface area (Å²) in [6, 6.07) is 8.10. The Morgan fingerprint density at radius 1 is 1.29 bits per heavy atom. The number of alkyl halides is 1. The number of hydrogen-bond acceptors (Lipinski definition) is 3. The molecule has 0 spiro atoms. The van der Waals surface area contributed by atoms with Crippen LogP contribution < -0.4 is 5.32 Å². The zero-order chi connectivity index (χ0) is 19.7. The number of piperidine rings is 1. The van der Waals surface area contributed by atoms with Crippen LogP contribution >= 0.6 is 0 Å². The van der Waals surface area contributed by atoms with Crippen LogP contribution in [0.15, 0.2) is 30.3 Å². The van der Waals surface area contributed by atoms with Crippen LogP contribution in [-0.4, -0.2) is 57.9 Å². The van der Waals surface area contributed by atoms with Gasteiger partial charge in [-0.25, -0.2) is 8.78 Å². The summed E-state index contributed by atoms with van der Waals surface area (Å²) in [5.41, 5.74) is 2.65. The molecule has 1 amide bonds. The minimum Gasteiger partial charge on any atom is -0.353 e. The molecule has 1 aliphatic heterocycles. The minimum atomic E-state index is -0.695. The normalized spacial score (nSPS) is 16.0. The smallest absolute Gasteiger partial charge is 0.271 e. The van der Waals surface area contributed by atoms with E-state index < -0.39 is 6.17 Å². The van der Waals surface area contributed by atoms with Gasteiger partial charge in [-0.1, -0.05) is 0 Å². The molecule has 28 heavy (non-hydrogen) atoms. The summed E-state index contributed by atoms with van der Waals surface area (Å²) in [6.07, 6.45) is 0.427. The van der Waals surface area contributed by atoms with E-state index in [9.17, 15) is 13.6 Å². The SMILES string of the molecule is Cn1nc(C(=O)NCCN2CCC(F)CC2)cc1-c1cc2cc(F)ccc2[nH]1. The maximum Gasteiger partial charge on any atom is 0.271 e. The topological polar surface area (TPSA) is 66.0 Å². The highest BCUT2D eigenvalue weighted by molar-refractivity contribution is 5.94. The first-order chi connectivity index (χ1) is 13.5. The summed E-state index contributed by atoms with van der Waals surface area (Å²) < 4.78 is 28.2. The standard InChI is InChI=1S/C20H23F2N5O/c1-26-19(17-11-13-10-15(22)2-3-16(13)24-17)12-18(25-26)20(28)23-6-9-27-7-4-14(21)5-8-27/h2-3,10-12,14,24H,4-9H2,1H3,(H,23,28). The van der Waals surface area contributed by atoms with Crippen molar-refractivity contribution in [3.8, 4) is 11.4 Å². The van der Waals surface area contributed by atoms with Gasteiger partial charge in [0.25, 0.3) is 5.91 Å². The van der Waals surface area contributed by atoms with E-state index in [2.05, 4.69) is 20.3 Å². The van der Waals surface area contributed by atoms with Crippen LogP contribution in [0.1, 0.15) is 23.3 Å². The Balaban J connectivity index is 1.41. The lowest BCUT2D eigenvalue weighted by Crippen LogP contribution is -2.40. The van der Waals surface area contributed by atoms with Crippen LogP contribution in [0.5, 0.6) is 0 Å². The van der Waals surface area contributed by atoms with Crippen LogP contribution in [0.4, 0.5) is 8.78 Å². The van der Waals surface area contributed by atoms with Crippen molar-refractivity contribution in [2.75, 3.05) is 26.2 Å². The number of aryl methyl sites for hydroxylation is 1. The number of amides is 1. The number of carbonyl (C=O) groups is 1. The van der Waals surface area contributed by atoms with Crippen LogP contribution in [0.25, 0.3) is 22.3 Å². The van der Waals surface area contributed by atoms with Crippen molar-refractivity contribution < 1.29 is 13.6 Å². The van der Waals surface area contributed by atoms with E-state index in [1.54, 1.807) is 23.9 Å². The molecule has 2 aromatic heterocycles. The molecule has 3 aromatic rings. The van der Waals surface area contributed by atoms with Crippen LogP contribution in [0, 0.1) is 5.82 Å². The number of halogens is 2. The first-order valence-corrected chi connectivity index (χ1v) is 9.47. The molecule has 4 rings (SSSR count). The number of likely N-dealkylation sites (tertiary alicyclic amines) is 1. The largest absolute Gasteiger partial charge is 0.353 e. The molecule has 0 atom stereocenters. The van der Waals surface area contributed by atoms with Gasteiger partial charge in [0.1, 0.15) is 12.0 Å². The molecule has 2 N–H and O–H groups in total. The van der Waals surface area contributed by atoms with E-state index >= 15 is 0 Å². The molecule has 8 heteroatoms. The van der Waals surface area contributed by atoms with Crippen molar-refractivity contribution in [2.24, 2.45) is 7.05 Å². The molecule has 0 unspecified atom stereocenters. The number of aromatic nitrogens is 3. The molecule has 1 saturated heterocycles. The molecule has 1 aromatic carbocycles. The lowest BCUT2D eigenvalue weighted by molar-refractivity contribution is 0.0934. The van der Waals surface area contributed by atoms with E-state index in [4.69, 9.17) is 0 Å². The Morgan fingerprint density at radius 2 is 2.07 bits per heavy atom. The second-order valence-electron chi connectivity index (χ2n) is 7.23. The fraction of sp³-hybridized carbons (Fsp3) is 0.400. The van der Waals surface area contributed by atoms with Crippen LogP contribution in [0.3, 0.4) is 0 Å². The van der Waals surface area contributed by atoms with Crippen molar-refractivity contribution in [1.82, 2.24) is 25.0 Å². The molecule has 6 nitrogen and oxygen atoms in total. The number of carbonyl (C=O) groups excluding carboxylic acids is 1. The molecular weight excluding hydrogens is 364 g/mol. The number of fused-ring (bicyclic) bond motifs is 1. The average molecular weight is 387 g/mol. The molecule has 0 saturated carbocycles. The predicted octanol–water partition coefficient (Wildman–Crippen LogP) is 2.87. The third kappa shape index (κ3) is 3.91. The quantitative estimate of drug-likeness (QED) is 0.708. The van der Waals surface area contributed by atoms with Crippen molar-refractivity contribution in [1.29, 1.82) is 0 Å². The molecule has 148 valence electrons. The minimum absolute atomic E-state index is 0.246.